The first-order chi connectivity index (χ1) is 9.33. The zero-order valence-electron chi connectivity index (χ0n) is 11.6. The number of hydrogen-bond donors (Lipinski definition) is 1. The molecule has 0 radical (unpaired) electrons. The van der Waals surface area contributed by atoms with Crippen LogP contribution in [0.15, 0.2) is 17.0 Å². The maximum Gasteiger partial charge on any atom is 0.263 e. The summed E-state index contributed by atoms with van der Waals surface area (Å²) in [6, 6.07) is 3.29. The number of ether oxygens (including phenoxy) is 1. The van der Waals surface area contributed by atoms with E-state index < -0.39 is 10.0 Å². The fourth-order valence-corrected chi connectivity index (χ4v) is 3.91. The normalized spacial score (nSPS) is 11.4. The van der Waals surface area contributed by atoms with Gasteiger partial charge in [0.15, 0.2) is 0 Å². The van der Waals surface area contributed by atoms with Crippen molar-refractivity contribution in [2.24, 2.45) is 0 Å². The minimum absolute atomic E-state index is 0.212. The summed E-state index contributed by atoms with van der Waals surface area (Å²) >= 11 is 1.19. The molecule has 0 aliphatic heterocycles. The van der Waals surface area contributed by atoms with Gasteiger partial charge in [0.1, 0.15) is 10.8 Å². The molecule has 1 N–H and O–H groups in total. The van der Waals surface area contributed by atoms with E-state index in [1.165, 1.54) is 11.3 Å². The summed E-state index contributed by atoms with van der Waals surface area (Å²) in [7, 11) is -2.12. The molecular weight excluding hydrogens is 298 g/mol. The number of sulfonamides is 1. The fourth-order valence-electron chi connectivity index (χ4n) is 1.78. The summed E-state index contributed by atoms with van der Waals surface area (Å²) in [5.74, 6) is 0.660. The smallest absolute Gasteiger partial charge is 0.263 e. The topological polar surface area (TPSA) is 81.2 Å². The molecule has 0 unspecified atom stereocenters. The zero-order valence-corrected chi connectivity index (χ0v) is 13.2. The van der Waals surface area contributed by atoms with Gasteiger partial charge < -0.3 is 4.74 Å². The van der Waals surface area contributed by atoms with E-state index in [4.69, 9.17) is 4.74 Å². The average molecular weight is 313 g/mol. The molecule has 0 saturated heterocycles. The summed E-state index contributed by atoms with van der Waals surface area (Å²) in [5, 5.41) is 8.51. The predicted octanol–water partition coefficient (Wildman–Crippen LogP) is 2.27. The van der Waals surface area contributed by atoms with E-state index in [-0.39, 0.29) is 10.0 Å². The molecule has 0 bridgehead atoms. The van der Waals surface area contributed by atoms with Crippen LogP contribution in [0.3, 0.4) is 0 Å². The van der Waals surface area contributed by atoms with Crippen LogP contribution in [-0.2, 0) is 10.0 Å². The second-order valence-electron chi connectivity index (χ2n) is 4.32. The standard InChI is InChI=1S/C12H15N3O3S2/c1-7-6-11(8(2)5-10(7)18-4)20(16,17)15-12-14-13-9(3)19-12/h5-6H,1-4H3,(H,14,15). The molecule has 1 aromatic heterocycles. The SMILES string of the molecule is COc1cc(C)c(S(=O)(=O)Nc2nnc(C)s2)cc1C. The highest BCUT2D eigenvalue weighted by molar-refractivity contribution is 7.93. The molecule has 6 nitrogen and oxygen atoms in total. The Kier molecular flexibility index (Phi) is 3.96. The molecule has 0 saturated carbocycles. The highest BCUT2D eigenvalue weighted by Crippen LogP contribution is 2.27. The summed E-state index contributed by atoms with van der Waals surface area (Å²) in [6.07, 6.45) is 0. The molecule has 2 rings (SSSR count). The van der Waals surface area contributed by atoms with Gasteiger partial charge in [-0.3, -0.25) is 4.72 Å². The minimum atomic E-state index is -3.68. The number of nitrogens with one attached hydrogen (secondary N) is 1. The Morgan fingerprint density at radius 2 is 1.85 bits per heavy atom. The van der Waals surface area contributed by atoms with Crippen LogP contribution in [0.25, 0.3) is 0 Å². The van der Waals surface area contributed by atoms with Crippen LogP contribution in [0.2, 0.25) is 0 Å². The van der Waals surface area contributed by atoms with Crippen LogP contribution in [0.5, 0.6) is 5.75 Å². The number of rotatable bonds is 4. The molecule has 1 aromatic carbocycles. The summed E-state index contributed by atoms with van der Waals surface area (Å²) in [4.78, 5) is 0.212. The average Bonchev–Trinajstić information content (AvgIpc) is 2.76. The number of methoxy groups -OCH3 is 1. The van der Waals surface area contributed by atoms with E-state index >= 15 is 0 Å². The van der Waals surface area contributed by atoms with Gasteiger partial charge >= 0.3 is 0 Å². The van der Waals surface area contributed by atoms with E-state index in [1.807, 2.05) is 0 Å². The van der Waals surface area contributed by atoms with Gasteiger partial charge in [-0.1, -0.05) is 11.3 Å². The van der Waals surface area contributed by atoms with E-state index in [0.29, 0.717) is 16.3 Å². The van der Waals surface area contributed by atoms with Gasteiger partial charge in [0.2, 0.25) is 5.13 Å². The lowest BCUT2D eigenvalue weighted by molar-refractivity contribution is 0.411. The van der Waals surface area contributed by atoms with Gasteiger partial charge in [-0.25, -0.2) is 8.42 Å². The molecule has 8 heteroatoms. The van der Waals surface area contributed by atoms with Crippen molar-refractivity contribution < 1.29 is 13.2 Å². The van der Waals surface area contributed by atoms with Crippen molar-refractivity contribution in [1.82, 2.24) is 10.2 Å². The Bertz CT molecular complexity index is 738. The molecular formula is C12H15N3O3S2. The predicted molar refractivity (Wildman–Crippen MR) is 77.9 cm³/mol. The Hall–Kier alpha value is -1.67. The van der Waals surface area contributed by atoms with Gasteiger partial charge in [0.05, 0.1) is 12.0 Å². The van der Waals surface area contributed by atoms with Crippen LogP contribution in [0.1, 0.15) is 16.1 Å². The minimum Gasteiger partial charge on any atom is -0.496 e. The quantitative estimate of drug-likeness (QED) is 0.936. The van der Waals surface area contributed by atoms with Crippen LogP contribution < -0.4 is 9.46 Å². The van der Waals surface area contributed by atoms with Crippen molar-refractivity contribution in [2.45, 2.75) is 25.7 Å². The molecule has 0 amide bonds. The van der Waals surface area contributed by atoms with Crippen molar-refractivity contribution in [3.63, 3.8) is 0 Å². The Morgan fingerprint density at radius 1 is 1.15 bits per heavy atom. The first-order valence-electron chi connectivity index (χ1n) is 5.81. The molecule has 20 heavy (non-hydrogen) atoms. The molecule has 0 fully saturated rings. The number of benzene rings is 1. The molecule has 0 aliphatic rings. The van der Waals surface area contributed by atoms with Crippen LogP contribution in [0.4, 0.5) is 5.13 Å². The van der Waals surface area contributed by atoms with Crippen LogP contribution >= 0.6 is 11.3 Å². The highest BCUT2D eigenvalue weighted by atomic mass is 32.2. The van der Waals surface area contributed by atoms with E-state index in [2.05, 4.69) is 14.9 Å². The zero-order chi connectivity index (χ0) is 14.9. The second kappa shape index (κ2) is 5.37. The van der Waals surface area contributed by atoms with Crippen LogP contribution in [-0.4, -0.2) is 25.7 Å². The monoisotopic (exact) mass is 313 g/mol. The number of hydrogen-bond acceptors (Lipinski definition) is 6. The molecule has 0 spiro atoms. The van der Waals surface area contributed by atoms with Crippen molar-refractivity contribution in [2.75, 3.05) is 11.8 Å². The maximum absolute atomic E-state index is 12.4. The van der Waals surface area contributed by atoms with Crippen molar-refractivity contribution >= 4 is 26.5 Å². The summed E-state index contributed by atoms with van der Waals surface area (Å²) in [5.41, 5.74) is 1.37. The largest absolute Gasteiger partial charge is 0.496 e. The third-order valence-electron chi connectivity index (χ3n) is 2.73. The van der Waals surface area contributed by atoms with E-state index in [0.717, 1.165) is 5.56 Å². The maximum atomic E-state index is 12.4. The van der Waals surface area contributed by atoms with E-state index in [1.54, 1.807) is 40.0 Å². The van der Waals surface area contributed by atoms with Crippen LogP contribution in [0, 0.1) is 20.8 Å². The van der Waals surface area contributed by atoms with Gasteiger partial charge in [0.25, 0.3) is 10.0 Å². The molecule has 1 heterocycles. The van der Waals surface area contributed by atoms with E-state index in [9.17, 15) is 8.42 Å². The van der Waals surface area contributed by atoms with Crippen molar-refractivity contribution in [3.05, 3.63) is 28.3 Å². The first-order valence-corrected chi connectivity index (χ1v) is 8.11. The molecule has 0 aliphatic carbocycles. The van der Waals surface area contributed by atoms with Gasteiger partial charge in [-0.05, 0) is 44.0 Å². The fraction of sp³-hybridized carbons (Fsp3) is 0.333. The Morgan fingerprint density at radius 3 is 2.40 bits per heavy atom. The lowest BCUT2D eigenvalue weighted by Crippen LogP contribution is -2.14. The third-order valence-corrected chi connectivity index (χ3v) is 5.09. The van der Waals surface area contributed by atoms with Gasteiger partial charge in [0, 0.05) is 0 Å². The molecule has 2 aromatic rings. The highest BCUT2D eigenvalue weighted by Gasteiger charge is 2.20. The number of aryl methyl sites for hydroxylation is 3. The number of aromatic nitrogens is 2. The second-order valence-corrected chi connectivity index (χ2v) is 7.15. The third kappa shape index (κ3) is 2.91. The molecule has 108 valence electrons. The van der Waals surface area contributed by atoms with Crippen molar-refractivity contribution in [1.29, 1.82) is 0 Å². The van der Waals surface area contributed by atoms with Crippen molar-refractivity contribution in [3.8, 4) is 5.75 Å². The number of anilines is 1. The number of nitrogens with zero attached hydrogens (tertiary/aromatic N) is 2. The lowest BCUT2D eigenvalue weighted by Gasteiger charge is -2.12. The first kappa shape index (κ1) is 14.7. The Balaban J connectivity index is 2.41. The summed E-state index contributed by atoms with van der Waals surface area (Å²) < 4.78 is 32.4. The van der Waals surface area contributed by atoms with Gasteiger partial charge in [-0.15, -0.1) is 10.2 Å². The Labute approximate surface area is 121 Å². The lowest BCUT2D eigenvalue weighted by atomic mass is 10.1. The summed E-state index contributed by atoms with van der Waals surface area (Å²) in [6.45, 7) is 5.28. The van der Waals surface area contributed by atoms with Gasteiger partial charge in [-0.2, -0.15) is 0 Å². The molecule has 0 atom stereocenters.